The fraction of sp³-hybridized carbons (Fsp3) is 0.235. The molecule has 0 saturated heterocycles. The molecule has 21 heavy (non-hydrogen) atoms. The minimum atomic E-state index is -0.106. The number of amides is 1. The predicted octanol–water partition coefficient (Wildman–Crippen LogP) is 2.38. The molecule has 0 unspecified atom stereocenters. The van der Waals surface area contributed by atoms with E-state index in [2.05, 4.69) is 17.2 Å². The number of carbonyl (C=O) groups is 1. The normalized spacial score (nSPS) is 9.86. The first kappa shape index (κ1) is 14.9. The third-order valence-corrected chi connectivity index (χ3v) is 3.21. The molecule has 0 spiro atoms. The van der Waals surface area contributed by atoms with Gasteiger partial charge in [0.1, 0.15) is 5.69 Å². The van der Waals surface area contributed by atoms with Crippen molar-refractivity contribution in [3.8, 4) is 11.8 Å². The van der Waals surface area contributed by atoms with Crippen LogP contribution in [0.15, 0.2) is 36.5 Å². The predicted molar refractivity (Wildman–Crippen MR) is 85.2 cm³/mol. The maximum atomic E-state index is 12.3. The monoisotopic (exact) mass is 281 g/mol. The Morgan fingerprint density at radius 3 is 2.86 bits per heavy atom. The van der Waals surface area contributed by atoms with Crippen molar-refractivity contribution in [3.63, 3.8) is 0 Å². The molecule has 0 saturated carbocycles. The molecule has 0 aliphatic carbocycles. The molecule has 1 heterocycles. The van der Waals surface area contributed by atoms with Crippen molar-refractivity contribution >= 4 is 11.6 Å². The number of aromatic nitrogens is 1. The summed E-state index contributed by atoms with van der Waals surface area (Å²) in [6.07, 6.45) is 1.90. The Hall–Kier alpha value is -2.51. The lowest BCUT2D eigenvalue weighted by Gasteiger charge is -2.10. The lowest BCUT2D eigenvalue weighted by molar-refractivity contribution is 0.101. The lowest BCUT2D eigenvalue weighted by Crippen LogP contribution is -2.17. The standard InChI is InChI=1S/C17H19N3O/c1-3-20-11-5-7-16(20)17(21)19-15-9-8-14(6-4-10-18)12-13(15)2/h5,7-9,11-12H,3,10,18H2,1-2H3,(H,19,21). The van der Waals surface area contributed by atoms with E-state index in [1.54, 1.807) is 0 Å². The van der Waals surface area contributed by atoms with E-state index in [-0.39, 0.29) is 5.91 Å². The van der Waals surface area contributed by atoms with Crippen molar-refractivity contribution in [3.05, 3.63) is 53.3 Å². The van der Waals surface area contributed by atoms with Crippen LogP contribution in [0.3, 0.4) is 0 Å². The highest BCUT2D eigenvalue weighted by Gasteiger charge is 2.11. The van der Waals surface area contributed by atoms with Crippen molar-refractivity contribution in [2.45, 2.75) is 20.4 Å². The van der Waals surface area contributed by atoms with Crippen LogP contribution in [0.4, 0.5) is 5.69 Å². The fourth-order valence-electron chi connectivity index (χ4n) is 2.12. The van der Waals surface area contributed by atoms with E-state index in [1.807, 2.05) is 54.9 Å². The van der Waals surface area contributed by atoms with E-state index in [4.69, 9.17) is 5.73 Å². The van der Waals surface area contributed by atoms with Gasteiger partial charge in [-0.05, 0) is 49.7 Å². The second kappa shape index (κ2) is 6.78. The molecular weight excluding hydrogens is 262 g/mol. The summed E-state index contributed by atoms with van der Waals surface area (Å²) in [6.45, 7) is 5.06. The van der Waals surface area contributed by atoms with Crippen LogP contribution in [0.1, 0.15) is 28.5 Å². The summed E-state index contributed by atoms with van der Waals surface area (Å²) < 4.78 is 1.91. The molecule has 0 radical (unpaired) electrons. The van der Waals surface area contributed by atoms with Crippen LogP contribution in [0.25, 0.3) is 0 Å². The zero-order valence-corrected chi connectivity index (χ0v) is 12.3. The fourth-order valence-corrected chi connectivity index (χ4v) is 2.12. The number of nitrogens with one attached hydrogen (secondary N) is 1. The number of nitrogens with two attached hydrogens (primary N) is 1. The molecule has 2 aromatic rings. The molecule has 0 fully saturated rings. The van der Waals surface area contributed by atoms with Crippen LogP contribution in [0.2, 0.25) is 0 Å². The highest BCUT2D eigenvalue weighted by atomic mass is 16.1. The molecule has 2 rings (SSSR count). The number of carbonyl (C=O) groups excluding carboxylic acids is 1. The van der Waals surface area contributed by atoms with Crippen molar-refractivity contribution in [1.29, 1.82) is 0 Å². The van der Waals surface area contributed by atoms with Crippen LogP contribution in [-0.4, -0.2) is 17.0 Å². The van der Waals surface area contributed by atoms with Crippen molar-refractivity contribution in [1.82, 2.24) is 4.57 Å². The van der Waals surface area contributed by atoms with Crippen molar-refractivity contribution < 1.29 is 4.79 Å². The van der Waals surface area contributed by atoms with Gasteiger partial charge in [-0.2, -0.15) is 0 Å². The number of aryl methyl sites for hydroxylation is 2. The molecule has 0 bridgehead atoms. The van der Waals surface area contributed by atoms with Gasteiger partial charge in [-0.25, -0.2) is 0 Å². The smallest absolute Gasteiger partial charge is 0.272 e. The highest BCUT2D eigenvalue weighted by molar-refractivity contribution is 6.03. The molecular formula is C17H19N3O. The maximum absolute atomic E-state index is 12.3. The van der Waals surface area contributed by atoms with Gasteiger partial charge >= 0.3 is 0 Å². The Labute approximate surface area is 125 Å². The summed E-state index contributed by atoms with van der Waals surface area (Å²) in [5.74, 6) is 5.69. The molecule has 4 heteroatoms. The first-order valence-corrected chi connectivity index (χ1v) is 6.91. The summed E-state index contributed by atoms with van der Waals surface area (Å²) in [4.78, 5) is 12.3. The molecule has 108 valence electrons. The summed E-state index contributed by atoms with van der Waals surface area (Å²) in [5, 5.41) is 2.94. The average Bonchev–Trinajstić information content (AvgIpc) is 2.96. The molecule has 1 aromatic carbocycles. The third-order valence-electron chi connectivity index (χ3n) is 3.21. The summed E-state index contributed by atoms with van der Waals surface area (Å²) in [7, 11) is 0. The minimum absolute atomic E-state index is 0.106. The Morgan fingerprint density at radius 1 is 1.38 bits per heavy atom. The van der Waals surface area contributed by atoms with Gasteiger partial charge in [0.2, 0.25) is 0 Å². The Kier molecular flexibility index (Phi) is 4.81. The Balaban J connectivity index is 2.18. The van der Waals surface area contributed by atoms with Crippen LogP contribution in [-0.2, 0) is 6.54 Å². The van der Waals surface area contributed by atoms with Gasteiger partial charge in [-0.15, -0.1) is 0 Å². The quantitative estimate of drug-likeness (QED) is 0.849. The number of hydrogen-bond donors (Lipinski definition) is 2. The summed E-state index contributed by atoms with van der Waals surface area (Å²) in [5.41, 5.74) is 8.68. The SMILES string of the molecule is CCn1cccc1C(=O)Nc1ccc(C#CCN)cc1C. The summed E-state index contributed by atoms with van der Waals surface area (Å²) in [6, 6.07) is 9.38. The number of hydrogen-bond acceptors (Lipinski definition) is 2. The van der Waals surface area contributed by atoms with E-state index >= 15 is 0 Å². The second-order valence-electron chi connectivity index (χ2n) is 4.67. The van der Waals surface area contributed by atoms with Gasteiger partial charge in [0.25, 0.3) is 5.91 Å². The van der Waals surface area contributed by atoms with E-state index in [0.29, 0.717) is 12.2 Å². The maximum Gasteiger partial charge on any atom is 0.272 e. The minimum Gasteiger partial charge on any atom is -0.344 e. The zero-order chi connectivity index (χ0) is 15.2. The molecule has 1 amide bonds. The largest absolute Gasteiger partial charge is 0.344 e. The molecule has 0 aliphatic rings. The Bertz CT molecular complexity index is 704. The van der Waals surface area contributed by atoms with E-state index in [1.165, 1.54) is 0 Å². The number of rotatable bonds is 3. The van der Waals surface area contributed by atoms with Gasteiger partial charge in [0.15, 0.2) is 0 Å². The van der Waals surface area contributed by atoms with Gasteiger partial charge in [-0.3, -0.25) is 4.79 Å². The van der Waals surface area contributed by atoms with Gasteiger partial charge < -0.3 is 15.6 Å². The Morgan fingerprint density at radius 2 is 2.19 bits per heavy atom. The van der Waals surface area contributed by atoms with Gasteiger partial charge in [-0.1, -0.05) is 11.8 Å². The second-order valence-corrected chi connectivity index (χ2v) is 4.67. The van der Waals surface area contributed by atoms with E-state index in [0.717, 1.165) is 23.4 Å². The highest BCUT2D eigenvalue weighted by Crippen LogP contribution is 2.17. The first-order valence-electron chi connectivity index (χ1n) is 6.91. The number of benzene rings is 1. The van der Waals surface area contributed by atoms with E-state index < -0.39 is 0 Å². The topological polar surface area (TPSA) is 60.0 Å². The molecule has 0 aliphatic heterocycles. The summed E-state index contributed by atoms with van der Waals surface area (Å²) >= 11 is 0. The van der Waals surface area contributed by atoms with Crippen molar-refractivity contribution in [2.75, 3.05) is 11.9 Å². The van der Waals surface area contributed by atoms with Crippen LogP contribution in [0, 0.1) is 18.8 Å². The molecule has 3 N–H and O–H groups in total. The third kappa shape index (κ3) is 3.53. The lowest BCUT2D eigenvalue weighted by atomic mass is 10.1. The van der Waals surface area contributed by atoms with Crippen LogP contribution in [0.5, 0.6) is 0 Å². The van der Waals surface area contributed by atoms with E-state index in [9.17, 15) is 4.79 Å². The molecule has 0 atom stereocenters. The average molecular weight is 281 g/mol. The van der Waals surface area contributed by atoms with Gasteiger partial charge in [0.05, 0.1) is 6.54 Å². The number of anilines is 1. The molecule has 4 nitrogen and oxygen atoms in total. The zero-order valence-electron chi connectivity index (χ0n) is 12.3. The van der Waals surface area contributed by atoms with Crippen molar-refractivity contribution in [2.24, 2.45) is 5.73 Å². The first-order chi connectivity index (χ1) is 10.2. The van der Waals surface area contributed by atoms with Crippen LogP contribution < -0.4 is 11.1 Å². The molecule has 1 aromatic heterocycles. The van der Waals surface area contributed by atoms with Gasteiger partial charge in [0, 0.05) is 24.0 Å². The number of nitrogens with zero attached hydrogens (tertiary/aromatic N) is 1. The van der Waals surface area contributed by atoms with Crippen LogP contribution >= 0.6 is 0 Å².